The molecular formula is C13H10N4O. The van der Waals surface area contributed by atoms with E-state index in [1.54, 1.807) is 23.1 Å². The maximum atomic E-state index is 9.46. The van der Waals surface area contributed by atoms with Crippen LogP contribution >= 0.6 is 0 Å². The van der Waals surface area contributed by atoms with E-state index in [1.165, 1.54) is 6.20 Å². The molecule has 2 heterocycles. The lowest BCUT2D eigenvalue weighted by Gasteiger charge is -2.05. The van der Waals surface area contributed by atoms with Gasteiger partial charge in [0, 0.05) is 11.8 Å². The molecule has 0 aliphatic carbocycles. The second-order valence-corrected chi connectivity index (χ2v) is 3.80. The minimum Gasteiger partial charge on any atom is -0.506 e. The van der Waals surface area contributed by atoms with Crippen LogP contribution in [-0.2, 0) is 0 Å². The number of rotatable bonds is 2. The van der Waals surface area contributed by atoms with Crippen molar-refractivity contribution in [2.75, 3.05) is 0 Å². The Bertz CT molecular complexity index is 664. The van der Waals surface area contributed by atoms with Crippen molar-refractivity contribution in [3.05, 3.63) is 55.0 Å². The Kier molecular flexibility index (Phi) is 2.49. The molecule has 5 nitrogen and oxygen atoms in total. The number of hydrogen-bond donors (Lipinski definition) is 1. The van der Waals surface area contributed by atoms with Gasteiger partial charge in [0.25, 0.3) is 0 Å². The highest BCUT2D eigenvalue weighted by atomic mass is 16.3. The number of hydrogen-bond acceptors (Lipinski definition) is 4. The monoisotopic (exact) mass is 238 g/mol. The molecular weight excluding hydrogens is 228 g/mol. The third-order valence-corrected chi connectivity index (χ3v) is 2.57. The summed E-state index contributed by atoms with van der Waals surface area (Å²) in [5.41, 5.74) is 2.46. The molecule has 0 atom stereocenters. The Morgan fingerprint density at radius 3 is 2.61 bits per heavy atom. The Labute approximate surface area is 103 Å². The molecule has 1 aromatic carbocycles. The van der Waals surface area contributed by atoms with E-state index in [-0.39, 0.29) is 5.75 Å². The Balaban J connectivity index is 2.13. The number of aromatic hydroxyl groups is 1. The summed E-state index contributed by atoms with van der Waals surface area (Å²) < 4.78 is 1.70. The van der Waals surface area contributed by atoms with Gasteiger partial charge in [-0.3, -0.25) is 4.98 Å². The van der Waals surface area contributed by atoms with E-state index >= 15 is 0 Å². The van der Waals surface area contributed by atoms with Crippen LogP contribution in [-0.4, -0.2) is 25.1 Å². The fourth-order valence-corrected chi connectivity index (χ4v) is 1.76. The van der Waals surface area contributed by atoms with E-state index in [1.807, 2.05) is 30.3 Å². The van der Waals surface area contributed by atoms with Crippen molar-refractivity contribution in [1.29, 1.82) is 0 Å². The maximum Gasteiger partial charge on any atom is 0.134 e. The van der Waals surface area contributed by atoms with Crippen molar-refractivity contribution < 1.29 is 5.11 Å². The van der Waals surface area contributed by atoms with Gasteiger partial charge in [-0.15, -0.1) is 5.10 Å². The van der Waals surface area contributed by atoms with Crippen molar-refractivity contribution >= 4 is 0 Å². The summed E-state index contributed by atoms with van der Waals surface area (Å²) in [5, 5.41) is 17.4. The molecule has 2 aromatic heterocycles. The van der Waals surface area contributed by atoms with Crippen molar-refractivity contribution in [2.45, 2.75) is 0 Å². The quantitative estimate of drug-likeness (QED) is 0.742. The Hall–Kier alpha value is -2.69. The largest absolute Gasteiger partial charge is 0.506 e. The van der Waals surface area contributed by atoms with Crippen LogP contribution in [0, 0.1) is 0 Å². The van der Waals surface area contributed by atoms with Gasteiger partial charge in [0.2, 0.25) is 0 Å². The van der Waals surface area contributed by atoms with Crippen LogP contribution in [0.3, 0.4) is 0 Å². The van der Waals surface area contributed by atoms with Crippen LogP contribution in [0.2, 0.25) is 0 Å². The molecule has 0 fully saturated rings. The first-order chi connectivity index (χ1) is 8.84. The van der Waals surface area contributed by atoms with Gasteiger partial charge in [0.1, 0.15) is 5.75 Å². The van der Waals surface area contributed by atoms with Crippen molar-refractivity contribution in [3.63, 3.8) is 0 Å². The molecule has 0 aliphatic rings. The van der Waals surface area contributed by atoms with Crippen molar-refractivity contribution in [1.82, 2.24) is 20.0 Å². The number of pyridine rings is 1. The number of nitrogens with zero attached hydrogens (tertiary/aromatic N) is 4. The first-order valence-electron chi connectivity index (χ1n) is 5.45. The fraction of sp³-hybridized carbons (Fsp3) is 0. The minimum absolute atomic E-state index is 0.119. The van der Waals surface area contributed by atoms with E-state index in [2.05, 4.69) is 15.3 Å². The normalized spacial score (nSPS) is 10.4. The van der Waals surface area contributed by atoms with Crippen LogP contribution < -0.4 is 0 Å². The molecule has 0 spiro atoms. The number of benzene rings is 1. The van der Waals surface area contributed by atoms with E-state index < -0.39 is 0 Å². The topological polar surface area (TPSA) is 63.8 Å². The zero-order valence-electron chi connectivity index (χ0n) is 9.43. The van der Waals surface area contributed by atoms with Gasteiger partial charge < -0.3 is 5.11 Å². The molecule has 0 saturated heterocycles. The van der Waals surface area contributed by atoms with E-state index in [0.29, 0.717) is 0 Å². The first kappa shape index (κ1) is 10.5. The van der Waals surface area contributed by atoms with Crippen LogP contribution in [0.1, 0.15) is 0 Å². The summed E-state index contributed by atoms with van der Waals surface area (Å²) in [7, 11) is 0. The van der Waals surface area contributed by atoms with Gasteiger partial charge >= 0.3 is 0 Å². The molecule has 18 heavy (non-hydrogen) atoms. The molecule has 0 bridgehead atoms. The van der Waals surface area contributed by atoms with Gasteiger partial charge in [-0.05, 0) is 18.2 Å². The lowest BCUT2D eigenvalue weighted by Crippen LogP contribution is -1.98. The highest BCUT2D eigenvalue weighted by Gasteiger charge is 2.09. The van der Waals surface area contributed by atoms with E-state index in [9.17, 15) is 5.11 Å². The standard InChI is InChI=1S/C13H10N4O/c18-12-6-10(7-14-8-12)13-9-15-16-17(13)11-4-2-1-3-5-11/h1-9,18H. The smallest absolute Gasteiger partial charge is 0.134 e. The van der Waals surface area contributed by atoms with Crippen molar-refractivity contribution in [3.8, 4) is 22.7 Å². The average Bonchev–Trinajstić information content (AvgIpc) is 2.89. The summed E-state index contributed by atoms with van der Waals surface area (Å²) in [6.45, 7) is 0. The third kappa shape index (κ3) is 1.82. The van der Waals surface area contributed by atoms with Crippen LogP contribution in [0.5, 0.6) is 5.75 Å². The zero-order chi connectivity index (χ0) is 12.4. The van der Waals surface area contributed by atoms with Gasteiger partial charge in [-0.1, -0.05) is 23.4 Å². The van der Waals surface area contributed by atoms with Crippen LogP contribution in [0.4, 0.5) is 0 Å². The van der Waals surface area contributed by atoms with E-state index in [4.69, 9.17) is 0 Å². The van der Waals surface area contributed by atoms with Crippen LogP contribution in [0.25, 0.3) is 16.9 Å². The lowest BCUT2D eigenvalue weighted by molar-refractivity contribution is 0.473. The predicted molar refractivity (Wildman–Crippen MR) is 66.3 cm³/mol. The molecule has 0 radical (unpaired) electrons. The summed E-state index contributed by atoms with van der Waals surface area (Å²) in [5.74, 6) is 0.119. The minimum atomic E-state index is 0.119. The molecule has 3 aromatic rings. The predicted octanol–water partition coefficient (Wildman–Crippen LogP) is 2.03. The molecule has 88 valence electrons. The first-order valence-corrected chi connectivity index (χ1v) is 5.45. The van der Waals surface area contributed by atoms with Gasteiger partial charge in [-0.2, -0.15) is 0 Å². The molecule has 0 saturated carbocycles. The van der Waals surface area contributed by atoms with Gasteiger partial charge in [0.15, 0.2) is 0 Å². The molecule has 0 aliphatic heterocycles. The third-order valence-electron chi connectivity index (χ3n) is 2.57. The summed E-state index contributed by atoms with van der Waals surface area (Å²) in [6.07, 6.45) is 4.70. The SMILES string of the molecule is Oc1cncc(-c2cnnn2-c2ccccc2)c1. The average molecular weight is 238 g/mol. The second kappa shape index (κ2) is 4.29. The molecule has 5 heteroatoms. The van der Waals surface area contributed by atoms with Crippen molar-refractivity contribution in [2.24, 2.45) is 0 Å². The molecule has 0 amide bonds. The molecule has 0 unspecified atom stereocenters. The summed E-state index contributed by atoms with van der Waals surface area (Å²) in [6, 6.07) is 11.3. The number of aromatic nitrogens is 4. The van der Waals surface area contributed by atoms with E-state index in [0.717, 1.165) is 16.9 Å². The summed E-state index contributed by atoms with van der Waals surface area (Å²) in [4.78, 5) is 3.96. The summed E-state index contributed by atoms with van der Waals surface area (Å²) >= 11 is 0. The molecule has 1 N–H and O–H groups in total. The second-order valence-electron chi connectivity index (χ2n) is 3.80. The van der Waals surface area contributed by atoms with Crippen LogP contribution in [0.15, 0.2) is 55.0 Å². The fourth-order valence-electron chi connectivity index (χ4n) is 1.76. The maximum absolute atomic E-state index is 9.46. The Morgan fingerprint density at radius 1 is 1.00 bits per heavy atom. The number of para-hydroxylation sites is 1. The Morgan fingerprint density at radius 2 is 1.83 bits per heavy atom. The molecule has 3 rings (SSSR count). The zero-order valence-corrected chi connectivity index (χ0v) is 9.43. The highest BCUT2D eigenvalue weighted by molar-refractivity contribution is 5.61. The van der Waals surface area contributed by atoms with Gasteiger partial charge in [0.05, 0.1) is 23.8 Å². The van der Waals surface area contributed by atoms with Gasteiger partial charge in [-0.25, -0.2) is 4.68 Å². The lowest BCUT2D eigenvalue weighted by atomic mass is 10.2. The highest BCUT2D eigenvalue weighted by Crippen LogP contribution is 2.23.